The van der Waals surface area contributed by atoms with Crippen molar-refractivity contribution in [2.24, 2.45) is 11.8 Å². The van der Waals surface area contributed by atoms with Crippen molar-refractivity contribution in [3.8, 4) is 0 Å². The molecule has 0 aromatic heterocycles. The summed E-state index contributed by atoms with van der Waals surface area (Å²) in [5, 5.41) is 0. The van der Waals surface area contributed by atoms with Crippen molar-refractivity contribution in [3.05, 3.63) is 0 Å². The summed E-state index contributed by atoms with van der Waals surface area (Å²) < 4.78 is 37.2. The summed E-state index contributed by atoms with van der Waals surface area (Å²) in [7, 11) is 0. The SMILES string of the molecule is CCCCC(CC(C)C)C(F)(F)F. The maximum Gasteiger partial charge on any atom is 0.391 e. The summed E-state index contributed by atoms with van der Waals surface area (Å²) in [6, 6.07) is 0. The third-order valence-corrected chi connectivity index (χ3v) is 2.12. The van der Waals surface area contributed by atoms with Gasteiger partial charge in [-0.2, -0.15) is 13.2 Å². The van der Waals surface area contributed by atoms with Gasteiger partial charge in [-0.15, -0.1) is 0 Å². The van der Waals surface area contributed by atoms with E-state index in [0.29, 0.717) is 6.42 Å². The molecule has 0 spiro atoms. The van der Waals surface area contributed by atoms with Crippen LogP contribution in [-0.4, -0.2) is 6.18 Å². The zero-order chi connectivity index (χ0) is 10.5. The van der Waals surface area contributed by atoms with Crippen LogP contribution in [0.2, 0.25) is 0 Å². The molecule has 0 aliphatic heterocycles. The van der Waals surface area contributed by atoms with Gasteiger partial charge in [-0.25, -0.2) is 0 Å². The average Bonchev–Trinajstić information content (AvgIpc) is 1.95. The van der Waals surface area contributed by atoms with E-state index in [-0.39, 0.29) is 18.8 Å². The normalized spacial score (nSPS) is 15.0. The summed E-state index contributed by atoms with van der Waals surface area (Å²) in [5.74, 6) is -0.962. The van der Waals surface area contributed by atoms with Crippen LogP contribution < -0.4 is 0 Å². The van der Waals surface area contributed by atoms with Gasteiger partial charge >= 0.3 is 6.18 Å². The van der Waals surface area contributed by atoms with E-state index < -0.39 is 12.1 Å². The molecule has 0 fully saturated rings. The summed E-state index contributed by atoms with van der Waals surface area (Å²) in [6.07, 6.45) is -1.93. The van der Waals surface area contributed by atoms with Crippen LogP contribution >= 0.6 is 0 Å². The summed E-state index contributed by atoms with van der Waals surface area (Å²) in [5.41, 5.74) is 0. The Morgan fingerprint density at radius 3 is 2.00 bits per heavy atom. The first-order valence-corrected chi connectivity index (χ1v) is 4.94. The van der Waals surface area contributed by atoms with Gasteiger partial charge in [-0.1, -0.05) is 33.6 Å². The lowest BCUT2D eigenvalue weighted by atomic mass is 9.92. The fourth-order valence-corrected chi connectivity index (χ4v) is 1.43. The number of alkyl halides is 3. The minimum atomic E-state index is -4.00. The van der Waals surface area contributed by atoms with Crippen molar-refractivity contribution in [3.63, 3.8) is 0 Å². The molecule has 0 aliphatic rings. The number of hydrogen-bond acceptors (Lipinski definition) is 0. The van der Waals surface area contributed by atoms with Gasteiger partial charge in [0.25, 0.3) is 0 Å². The molecule has 0 amide bonds. The Morgan fingerprint density at radius 2 is 1.69 bits per heavy atom. The van der Waals surface area contributed by atoms with E-state index >= 15 is 0 Å². The molecule has 0 N–H and O–H groups in total. The first kappa shape index (κ1) is 12.8. The van der Waals surface area contributed by atoms with E-state index in [1.54, 1.807) is 0 Å². The largest absolute Gasteiger partial charge is 0.391 e. The first-order valence-electron chi connectivity index (χ1n) is 4.94. The lowest BCUT2D eigenvalue weighted by molar-refractivity contribution is -0.180. The predicted octanol–water partition coefficient (Wildman–Crippen LogP) is 4.40. The number of rotatable bonds is 5. The average molecular weight is 196 g/mol. The Kier molecular flexibility index (Phi) is 5.42. The summed E-state index contributed by atoms with van der Waals surface area (Å²) in [6.45, 7) is 5.60. The predicted molar refractivity (Wildman–Crippen MR) is 48.5 cm³/mol. The zero-order valence-corrected chi connectivity index (χ0v) is 8.62. The highest BCUT2D eigenvalue weighted by molar-refractivity contribution is 4.69. The maximum absolute atomic E-state index is 12.4. The second kappa shape index (κ2) is 5.51. The fourth-order valence-electron chi connectivity index (χ4n) is 1.43. The molecule has 0 bridgehead atoms. The summed E-state index contributed by atoms with van der Waals surface area (Å²) >= 11 is 0. The fraction of sp³-hybridized carbons (Fsp3) is 1.00. The molecule has 13 heavy (non-hydrogen) atoms. The topological polar surface area (TPSA) is 0 Å². The van der Waals surface area contributed by atoms with E-state index in [1.807, 2.05) is 20.8 Å². The lowest BCUT2D eigenvalue weighted by Crippen LogP contribution is -2.24. The van der Waals surface area contributed by atoms with Crippen molar-refractivity contribution in [1.82, 2.24) is 0 Å². The molecule has 0 saturated heterocycles. The molecule has 0 nitrogen and oxygen atoms in total. The smallest absolute Gasteiger partial charge is 0.171 e. The highest BCUT2D eigenvalue weighted by Crippen LogP contribution is 2.34. The van der Waals surface area contributed by atoms with Crippen LogP contribution in [0.3, 0.4) is 0 Å². The quantitative estimate of drug-likeness (QED) is 0.611. The third-order valence-electron chi connectivity index (χ3n) is 2.12. The van der Waals surface area contributed by atoms with Gasteiger partial charge in [0.2, 0.25) is 0 Å². The molecule has 80 valence electrons. The first-order chi connectivity index (χ1) is 5.88. The van der Waals surface area contributed by atoms with Crippen LogP contribution in [-0.2, 0) is 0 Å². The van der Waals surface area contributed by atoms with E-state index in [1.165, 1.54) is 0 Å². The van der Waals surface area contributed by atoms with Crippen LogP contribution in [0.5, 0.6) is 0 Å². The number of halogens is 3. The highest BCUT2D eigenvalue weighted by atomic mass is 19.4. The zero-order valence-electron chi connectivity index (χ0n) is 8.62. The molecule has 0 heterocycles. The monoisotopic (exact) mass is 196 g/mol. The summed E-state index contributed by atoms with van der Waals surface area (Å²) in [4.78, 5) is 0. The lowest BCUT2D eigenvalue weighted by Gasteiger charge is -2.21. The molecule has 1 unspecified atom stereocenters. The van der Waals surface area contributed by atoms with E-state index in [2.05, 4.69) is 0 Å². The minimum Gasteiger partial charge on any atom is -0.171 e. The van der Waals surface area contributed by atoms with Gasteiger partial charge in [0, 0.05) is 0 Å². The Balaban J connectivity index is 4.03. The Hall–Kier alpha value is -0.210. The van der Waals surface area contributed by atoms with Gasteiger partial charge in [0.1, 0.15) is 0 Å². The molecular formula is C10H19F3. The van der Waals surface area contributed by atoms with Crippen molar-refractivity contribution in [1.29, 1.82) is 0 Å². The second-order valence-electron chi connectivity index (χ2n) is 4.01. The Morgan fingerprint density at radius 1 is 1.15 bits per heavy atom. The molecule has 1 atom stereocenters. The van der Waals surface area contributed by atoms with Gasteiger partial charge in [0.05, 0.1) is 5.92 Å². The van der Waals surface area contributed by atoms with E-state index in [0.717, 1.165) is 6.42 Å². The van der Waals surface area contributed by atoms with Crippen LogP contribution in [0.1, 0.15) is 46.5 Å². The molecule has 0 aliphatic carbocycles. The van der Waals surface area contributed by atoms with Crippen molar-refractivity contribution in [2.45, 2.75) is 52.6 Å². The van der Waals surface area contributed by atoms with Crippen LogP contribution in [0.25, 0.3) is 0 Å². The van der Waals surface area contributed by atoms with Crippen molar-refractivity contribution < 1.29 is 13.2 Å². The molecule has 0 saturated carbocycles. The Labute approximate surface area is 78.5 Å². The standard InChI is InChI=1S/C10H19F3/c1-4-5-6-9(7-8(2)3)10(11,12)13/h8-9H,4-7H2,1-3H3. The van der Waals surface area contributed by atoms with Gasteiger partial charge < -0.3 is 0 Å². The second-order valence-corrected chi connectivity index (χ2v) is 4.01. The van der Waals surface area contributed by atoms with Crippen LogP contribution in [0.4, 0.5) is 13.2 Å². The van der Waals surface area contributed by atoms with Gasteiger partial charge in [0.15, 0.2) is 0 Å². The molecule has 3 heteroatoms. The molecular weight excluding hydrogens is 177 g/mol. The van der Waals surface area contributed by atoms with Gasteiger partial charge in [-0.3, -0.25) is 0 Å². The molecule has 0 rings (SSSR count). The van der Waals surface area contributed by atoms with Crippen molar-refractivity contribution >= 4 is 0 Å². The minimum absolute atomic E-state index is 0.128. The Bertz CT molecular complexity index is 127. The van der Waals surface area contributed by atoms with Gasteiger partial charge in [-0.05, 0) is 18.8 Å². The molecule has 0 radical (unpaired) electrons. The third kappa shape index (κ3) is 5.94. The van der Waals surface area contributed by atoms with Crippen molar-refractivity contribution in [2.75, 3.05) is 0 Å². The highest BCUT2D eigenvalue weighted by Gasteiger charge is 2.38. The van der Waals surface area contributed by atoms with Crippen LogP contribution in [0.15, 0.2) is 0 Å². The van der Waals surface area contributed by atoms with Crippen LogP contribution in [0, 0.1) is 11.8 Å². The number of hydrogen-bond donors (Lipinski definition) is 0. The maximum atomic E-state index is 12.4. The number of unbranched alkanes of at least 4 members (excludes halogenated alkanes) is 1. The molecule has 0 aromatic rings. The molecule has 0 aromatic carbocycles. The van der Waals surface area contributed by atoms with E-state index in [4.69, 9.17) is 0 Å². The van der Waals surface area contributed by atoms with E-state index in [9.17, 15) is 13.2 Å².